The summed E-state index contributed by atoms with van der Waals surface area (Å²) in [5, 5.41) is 3.46. The second-order valence-corrected chi connectivity index (χ2v) is 6.69. The lowest BCUT2D eigenvalue weighted by Crippen LogP contribution is -2.24. The molecule has 0 bridgehead atoms. The predicted molar refractivity (Wildman–Crippen MR) is 86.1 cm³/mol. The summed E-state index contributed by atoms with van der Waals surface area (Å²) in [6, 6.07) is 4.93. The van der Waals surface area contributed by atoms with E-state index in [2.05, 4.69) is 57.0 Å². The van der Waals surface area contributed by atoms with Crippen molar-refractivity contribution in [2.45, 2.75) is 53.6 Å². The molecule has 0 amide bonds. The first-order valence-corrected chi connectivity index (χ1v) is 7.92. The van der Waals surface area contributed by atoms with Gasteiger partial charge >= 0.3 is 0 Å². The van der Waals surface area contributed by atoms with Gasteiger partial charge in [0.2, 0.25) is 0 Å². The van der Waals surface area contributed by atoms with Gasteiger partial charge in [0, 0.05) is 31.4 Å². The maximum atomic E-state index is 4.81. The first-order chi connectivity index (χ1) is 9.47. The van der Waals surface area contributed by atoms with E-state index >= 15 is 0 Å². The Morgan fingerprint density at radius 3 is 2.60 bits per heavy atom. The molecule has 0 saturated carbocycles. The average molecular weight is 275 g/mol. The molecule has 1 aliphatic rings. The third-order valence-corrected chi connectivity index (χ3v) is 4.37. The lowest BCUT2D eigenvalue weighted by Gasteiger charge is -2.20. The molecule has 1 aliphatic heterocycles. The molecule has 1 fully saturated rings. The number of nitrogens with one attached hydrogen (secondary N) is 1. The van der Waals surface area contributed by atoms with E-state index in [4.69, 9.17) is 4.98 Å². The Labute approximate surface area is 123 Å². The molecule has 2 rings (SSSR count). The molecule has 3 nitrogen and oxygen atoms in total. The molecule has 2 heterocycles. The summed E-state index contributed by atoms with van der Waals surface area (Å²) in [6.07, 6.45) is 1.30. The smallest absolute Gasteiger partial charge is 0.128 e. The minimum absolute atomic E-state index is 0.513. The minimum atomic E-state index is 0.513. The van der Waals surface area contributed by atoms with E-state index in [0.29, 0.717) is 6.04 Å². The molecule has 0 aromatic carbocycles. The summed E-state index contributed by atoms with van der Waals surface area (Å²) >= 11 is 0. The topological polar surface area (TPSA) is 28.2 Å². The highest BCUT2D eigenvalue weighted by Crippen LogP contribution is 2.27. The zero-order valence-electron chi connectivity index (χ0n) is 13.6. The van der Waals surface area contributed by atoms with Crippen LogP contribution in [-0.2, 0) is 6.54 Å². The summed E-state index contributed by atoms with van der Waals surface area (Å²) in [6.45, 7) is 14.3. The van der Waals surface area contributed by atoms with Crippen molar-refractivity contribution in [3.63, 3.8) is 0 Å². The zero-order valence-corrected chi connectivity index (χ0v) is 13.6. The van der Waals surface area contributed by atoms with Crippen LogP contribution in [0.15, 0.2) is 12.1 Å². The maximum Gasteiger partial charge on any atom is 0.128 e. The van der Waals surface area contributed by atoms with Crippen LogP contribution in [0.5, 0.6) is 0 Å². The van der Waals surface area contributed by atoms with Gasteiger partial charge in [-0.1, -0.05) is 33.8 Å². The van der Waals surface area contributed by atoms with Gasteiger partial charge in [0.15, 0.2) is 0 Å². The van der Waals surface area contributed by atoms with E-state index in [1.54, 1.807) is 0 Å². The summed E-state index contributed by atoms with van der Waals surface area (Å²) in [5.41, 5.74) is 2.46. The lowest BCUT2D eigenvalue weighted by atomic mass is 9.95. The molecule has 1 aromatic rings. The summed E-state index contributed by atoms with van der Waals surface area (Å²) in [7, 11) is 0. The van der Waals surface area contributed by atoms with E-state index in [9.17, 15) is 0 Å². The number of nitrogens with zero attached hydrogens (tertiary/aromatic N) is 2. The lowest BCUT2D eigenvalue weighted by molar-refractivity contribution is 0.422. The zero-order chi connectivity index (χ0) is 14.7. The van der Waals surface area contributed by atoms with Gasteiger partial charge in [-0.3, -0.25) is 0 Å². The number of hydrogen-bond acceptors (Lipinski definition) is 3. The molecule has 1 unspecified atom stereocenters. The van der Waals surface area contributed by atoms with Crippen molar-refractivity contribution < 1.29 is 0 Å². The highest BCUT2D eigenvalue weighted by atomic mass is 15.2. The van der Waals surface area contributed by atoms with Gasteiger partial charge in [-0.15, -0.1) is 0 Å². The van der Waals surface area contributed by atoms with E-state index in [-0.39, 0.29) is 0 Å². The molecular weight excluding hydrogens is 246 g/mol. The first kappa shape index (κ1) is 15.3. The number of hydrogen-bond donors (Lipinski definition) is 1. The van der Waals surface area contributed by atoms with Crippen LogP contribution < -0.4 is 10.2 Å². The molecule has 1 N–H and O–H groups in total. The second-order valence-electron chi connectivity index (χ2n) is 6.69. The molecule has 0 radical (unpaired) electrons. The van der Waals surface area contributed by atoms with Crippen molar-refractivity contribution in [3.8, 4) is 0 Å². The van der Waals surface area contributed by atoms with Gasteiger partial charge in [-0.05, 0) is 36.8 Å². The number of rotatable bonds is 5. The van der Waals surface area contributed by atoms with Crippen molar-refractivity contribution in [2.24, 2.45) is 11.8 Å². The van der Waals surface area contributed by atoms with Crippen LogP contribution in [0.25, 0.3) is 0 Å². The predicted octanol–water partition coefficient (Wildman–Crippen LogP) is 3.37. The van der Waals surface area contributed by atoms with Gasteiger partial charge in [0.05, 0.1) is 0 Å². The van der Waals surface area contributed by atoms with Gasteiger partial charge in [0.25, 0.3) is 0 Å². The maximum absolute atomic E-state index is 4.81. The van der Waals surface area contributed by atoms with Crippen molar-refractivity contribution in [1.82, 2.24) is 10.3 Å². The molecule has 112 valence electrons. The molecule has 20 heavy (non-hydrogen) atoms. The van der Waals surface area contributed by atoms with Crippen LogP contribution in [0.4, 0.5) is 5.82 Å². The second kappa shape index (κ2) is 6.57. The Balaban J connectivity index is 2.02. The van der Waals surface area contributed by atoms with E-state index in [0.717, 1.165) is 43.0 Å². The van der Waals surface area contributed by atoms with Crippen LogP contribution in [0, 0.1) is 18.8 Å². The van der Waals surface area contributed by atoms with Crippen LogP contribution in [0.1, 0.15) is 45.4 Å². The summed E-state index contributed by atoms with van der Waals surface area (Å²) in [5.74, 6) is 2.74. The standard InChI is InChI=1S/C17H29N3/c1-12(2)16-8-9-20(11-16)17-7-6-15(14(5)19-17)10-18-13(3)4/h6-7,12-13,16,18H,8-11H2,1-5H3. The Kier molecular flexibility index (Phi) is 5.03. The first-order valence-electron chi connectivity index (χ1n) is 7.92. The van der Waals surface area contributed by atoms with Crippen molar-refractivity contribution >= 4 is 5.82 Å². The molecule has 0 spiro atoms. The molecule has 0 aliphatic carbocycles. The van der Waals surface area contributed by atoms with Crippen molar-refractivity contribution in [1.29, 1.82) is 0 Å². The molecule has 1 aromatic heterocycles. The van der Waals surface area contributed by atoms with Gasteiger partial charge < -0.3 is 10.2 Å². The average Bonchev–Trinajstić information content (AvgIpc) is 2.86. The molecule has 1 saturated heterocycles. The van der Waals surface area contributed by atoms with Gasteiger partial charge in [0.1, 0.15) is 5.82 Å². The third-order valence-electron chi connectivity index (χ3n) is 4.37. The minimum Gasteiger partial charge on any atom is -0.356 e. The molecule has 3 heteroatoms. The molecule has 1 atom stereocenters. The van der Waals surface area contributed by atoms with E-state index in [1.165, 1.54) is 12.0 Å². The fraction of sp³-hybridized carbons (Fsp3) is 0.706. The largest absolute Gasteiger partial charge is 0.356 e. The van der Waals surface area contributed by atoms with E-state index in [1.807, 2.05) is 0 Å². The summed E-state index contributed by atoms with van der Waals surface area (Å²) in [4.78, 5) is 7.25. The van der Waals surface area contributed by atoms with Crippen molar-refractivity contribution in [2.75, 3.05) is 18.0 Å². The van der Waals surface area contributed by atoms with Gasteiger partial charge in [-0.2, -0.15) is 0 Å². The van der Waals surface area contributed by atoms with Crippen LogP contribution in [-0.4, -0.2) is 24.1 Å². The Bertz CT molecular complexity index is 440. The van der Waals surface area contributed by atoms with Crippen molar-refractivity contribution in [3.05, 3.63) is 23.4 Å². The van der Waals surface area contributed by atoms with Crippen LogP contribution >= 0.6 is 0 Å². The van der Waals surface area contributed by atoms with E-state index < -0.39 is 0 Å². The third kappa shape index (κ3) is 3.72. The van der Waals surface area contributed by atoms with Gasteiger partial charge in [-0.25, -0.2) is 4.98 Å². The molecular formula is C17H29N3. The highest BCUT2D eigenvalue weighted by Gasteiger charge is 2.25. The SMILES string of the molecule is Cc1nc(N2CCC(C(C)C)C2)ccc1CNC(C)C. The Morgan fingerprint density at radius 1 is 1.30 bits per heavy atom. The number of anilines is 1. The Morgan fingerprint density at radius 2 is 2.05 bits per heavy atom. The number of aromatic nitrogens is 1. The fourth-order valence-corrected chi connectivity index (χ4v) is 2.79. The number of aryl methyl sites for hydroxylation is 1. The summed E-state index contributed by atoms with van der Waals surface area (Å²) < 4.78 is 0. The highest BCUT2D eigenvalue weighted by molar-refractivity contribution is 5.42. The normalized spacial score (nSPS) is 19.4. The van der Waals surface area contributed by atoms with Crippen LogP contribution in [0.2, 0.25) is 0 Å². The quantitative estimate of drug-likeness (QED) is 0.893. The van der Waals surface area contributed by atoms with Crippen LogP contribution in [0.3, 0.4) is 0 Å². The number of pyridine rings is 1. The Hall–Kier alpha value is -1.09. The fourth-order valence-electron chi connectivity index (χ4n) is 2.79. The monoisotopic (exact) mass is 275 g/mol.